The summed E-state index contributed by atoms with van der Waals surface area (Å²) in [6.45, 7) is 2.07. The van der Waals surface area contributed by atoms with E-state index < -0.39 is 35.0 Å². The van der Waals surface area contributed by atoms with E-state index in [4.69, 9.17) is 0 Å². The van der Waals surface area contributed by atoms with Gasteiger partial charge in [0.05, 0.1) is 5.56 Å². The molecule has 3 aromatic rings. The van der Waals surface area contributed by atoms with Crippen molar-refractivity contribution in [3.63, 3.8) is 0 Å². The lowest BCUT2D eigenvalue weighted by molar-refractivity contribution is -0.0696. The van der Waals surface area contributed by atoms with Crippen molar-refractivity contribution >= 4 is 0 Å². The predicted octanol–water partition coefficient (Wildman–Crippen LogP) is 8.22. The molecular formula is C26H19F7. The Morgan fingerprint density at radius 1 is 0.697 bits per heavy atom. The quantitative estimate of drug-likeness (QED) is 0.196. The van der Waals surface area contributed by atoms with Crippen molar-refractivity contribution in [2.75, 3.05) is 0 Å². The molecule has 0 atom stereocenters. The molecule has 0 nitrogen and oxygen atoms in total. The second-order valence-corrected chi connectivity index (χ2v) is 7.53. The highest BCUT2D eigenvalue weighted by Gasteiger charge is 2.24. The van der Waals surface area contributed by atoms with Crippen LogP contribution >= 0.6 is 0 Å². The Hall–Kier alpha value is -3.27. The van der Waals surface area contributed by atoms with Crippen LogP contribution in [0.1, 0.15) is 37.3 Å². The van der Waals surface area contributed by atoms with Gasteiger partial charge in [0.15, 0.2) is 0 Å². The molecule has 3 aromatic carbocycles. The molecule has 0 aromatic heterocycles. The molecule has 0 aliphatic heterocycles. The van der Waals surface area contributed by atoms with Crippen LogP contribution < -0.4 is 0 Å². The number of benzene rings is 3. The fourth-order valence-electron chi connectivity index (χ4n) is 3.43. The van der Waals surface area contributed by atoms with E-state index in [0.29, 0.717) is 12.1 Å². The number of halogens is 7. The Labute approximate surface area is 187 Å². The summed E-state index contributed by atoms with van der Waals surface area (Å²) in [5, 5.41) is 0. The Kier molecular flexibility index (Phi) is 7.47. The van der Waals surface area contributed by atoms with E-state index in [2.05, 4.69) is 6.92 Å². The van der Waals surface area contributed by atoms with Gasteiger partial charge in [0.1, 0.15) is 23.3 Å². The van der Waals surface area contributed by atoms with Crippen LogP contribution in [0.3, 0.4) is 0 Å². The van der Waals surface area contributed by atoms with Crippen LogP contribution in [0.4, 0.5) is 30.7 Å². The average Bonchev–Trinajstić information content (AvgIpc) is 2.72. The Bertz CT molecular complexity index is 1190. The Morgan fingerprint density at radius 3 is 1.85 bits per heavy atom. The van der Waals surface area contributed by atoms with Gasteiger partial charge in [-0.25, -0.2) is 17.6 Å². The van der Waals surface area contributed by atoms with Crippen molar-refractivity contribution in [1.29, 1.82) is 0 Å². The predicted molar refractivity (Wildman–Crippen MR) is 113 cm³/mol. The number of alkyl halides is 3. The molecule has 0 spiro atoms. The van der Waals surface area contributed by atoms with Crippen molar-refractivity contribution in [2.45, 2.75) is 38.8 Å². The summed E-state index contributed by atoms with van der Waals surface area (Å²) in [4.78, 5) is 0. The SMILES string of the molecule is CCCCCc1ccc(-c2ccc(-c3cc(F)c(C#CC(F)(F)F)c(F)c3)c(F)c2)c(F)c1. The molecule has 0 fully saturated rings. The fourth-order valence-corrected chi connectivity index (χ4v) is 3.43. The summed E-state index contributed by atoms with van der Waals surface area (Å²) in [5.41, 5.74) is -0.227. The second-order valence-electron chi connectivity index (χ2n) is 7.53. The first-order chi connectivity index (χ1) is 15.6. The van der Waals surface area contributed by atoms with E-state index in [0.717, 1.165) is 43.2 Å². The van der Waals surface area contributed by atoms with Gasteiger partial charge in [0.2, 0.25) is 0 Å². The molecule has 0 saturated heterocycles. The summed E-state index contributed by atoms with van der Waals surface area (Å²) < 4.78 is 94.3. The normalized spacial score (nSPS) is 11.3. The summed E-state index contributed by atoms with van der Waals surface area (Å²) in [7, 11) is 0. The molecule has 3 rings (SSSR count). The molecule has 0 saturated carbocycles. The fraction of sp³-hybridized carbons (Fsp3) is 0.231. The maximum atomic E-state index is 14.8. The van der Waals surface area contributed by atoms with E-state index in [1.54, 1.807) is 12.1 Å². The molecule has 0 amide bonds. The number of unbranched alkanes of at least 4 members (excludes halogenated alkanes) is 2. The van der Waals surface area contributed by atoms with Gasteiger partial charge in [0.25, 0.3) is 0 Å². The lowest BCUT2D eigenvalue weighted by atomic mass is 9.97. The van der Waals surface area contributed by atoms with Crippen molar-refractivity contribution in [2.24, 2.45) is 0 Å². The monoisotopic (exact) mass is 464 g/mol. The van der Waals surface area contributed by atoms with Gasteiger partial charge < -0.3 is 0 Å². The molecular weight excluding hydrogens is 445 g/mol. The lowest BCUT2D eigenvalue weighted by Gasteiger charge is -2.10. The standard InChI is InChI=1S/C26H19F7/c1-2-3-4-5-16-6-8-19(22(27)12-16)17-7-9-20(23(28)13-17)18-14-24(29)21(25(30)15-18)10-11-26(31,32)33/h6-9,12-15H,2-5H2,1H3. The van der Waals surface area contributed by atoms with Crippen LogP contribution in [0, 0.1) is 35.1 Å². The van der Waals surface area contributed by atoms with Gasteiger partial charge >= 0.3 is 6.18 Å². The Balaban J connectivity index is 1.90. The zero-order valence-electron chi connectivity index (χ0n) is 17.6. The van der Waals surface area contributed by atoms with Gasteiger partial charge in [-0.1, -0.05) is 50.0 Å². The third-order valence-corrected chi connectivity index (χ3v) is 5.06. The molecule has 172 valence electrons. The first kappa shape index (κ1) is 24.4. The van der Waals surface area contributed by atoms with E-state index in [1.807, 2.05) is 0 Å². The summed E-state index contributed by atoms with van der Waals surface area (Å²) >= 11 is 0. The minimum absolute atomic E-state index is 0.176. The zero-order valence-corrected chi connectivity index (χ0v) is 17.6. The maximum Gasteiger partial charge on any atom is 0.458 e. The van der Waals surface area contributed by atoms with Gasteiger partial charge in [-0.3, -0.25) is 0 Å². The highest BCUT2D eigenvalue weighted by Crippen LogP contribution is 2.31. The molecule has 0 heterocycles. The first-order valence-corrected chi connectivity index (χ1v) is 10.3. The summed E-state index contributed by atoms with van der Waals surface area (Å²) in [6.07, 6.45) is -1.16. The third kappa shape index (κ3) is 6.16. The molecule has 0 unspecified atom stereocenters. The smallest absolute Gasteiger partial charge is 0.206 e. The van der Waals surface area contributed by atoms with Gasteiger partial charge in [-0.15, -0.1) is 0 Å². The summed E-state index contributed by atoms with van der Waals surface area (Å²) in [5.74, 6) is -1.87. The molecule has 0 bridgehead atoms. The zero-order chi connectivity index (χ0) is 24.2. The van der Waals surface area contributed by atoms with Gasteiger partial charge in [-0.2, -0.15) is 13.2 Å². The minimum atomic E-state index is -4.91. The molecule has 33 heavy (non-hydrogen) atoms. The van der Waals surface area contributed by atoms with Crippen LogP contribution in [0.5, 0.6) is 0 Å². The lowest BCUT2D eigenvalue weighted by Crippen LogP contribution is -2.02. The van der Waals surface area contributed by atoms with E-state index >= 15 is 0 Å². The third-order valence-electron chi connectivity index (χ3n) is 5.06. The Morgan fingerprint density at radius 2 is 1.27 bits per heavy atom. The molecule has 0 aliphatic carbocycles. The average molecular weight is 464 g/mol. The van der Waals surface area contributed by atoms with Crippen molar-refractivity contribution < 1.29 is 30.7 Å². The molecule has 7 heteroatoms. The number of hydrogen-bond donors (Lipinski definition) is 0. The van der Waals surface area contributed by atoms with Crippen LogP contribution in [-0.4, -0.2) is 6.18 Å². The van der Waals surface area contributed by atoms with Gasteiger partial charge in [0, 0.05) is 17.0 Å². The second kappa shape index (κ2) is 10.1. The van der Waals surface area contributed by atoms with Gasteiger partial charge in [-0.05, 0) is 53.8 Å². The summed E-state index contributed by atoms with van der Waals surface area (Å²) in [6, 6.07) is 9.81. The van der Waals surface area contributed by atoms with Crippen LogP contribution in [0.2, 0.25) is 0 Å². The number of rotatable bonds is 6. The minimum Gasteiger partial charge on any atom is -0.206 e. The first-order valence-electron chi connectivity index (χ1n) is 10.3. The maximum absolute atomic E-state index is 14.8. The van der Waals surface area contributed by atoms with E-state index in [9.17, 15) is 30.7 Å². The highest BCUT2D eigenvalue weighted by atomic mass is 19.4. The van der Waals surface area contributed by atoms with Crippen molar-refractivity contribution in [3.8, 4) is 34.1 Å². The number of aryl methyl sites for hydroxylation is 1. The van der Waals surface area contributed by atoms with E-state index in [-0.39, 0.29) is 22.3 Å². The highest BCUT2D eigenvalue weighted by molar-refractivity contribution is 5.72. The van der Waals surface area contributed by atoms with Crippen LogP contribution in [0.25, 0.3) is 22.3 Å². The molecule has 0 aliphatic rings. The topological polar surface area (TPSA) is 0 Å². The molecule has 0 N–H and O–H groups in total. The molecule has 0 radical (unpaired) electrons. The number of hydrogen-bond acceptors (Lipinski definition) is 0. The van der Waals surface area contributed by atoms with E-state index in [1.165, 1.54) is 24.1 Å². The van der Waals surface area contributed by atoms with Crippen LogP contribution in [-0.2, 0) is 6.42 Å². The van der Waals surface area contributed by atoms with Crippen molar-refractivity contribution in [1.82, 2.24) is 0 Å². The van der Waals surface area contributed by atoms with Crippen molar-refractivity contribution in [3.05, 3.63) is 82.9 Å². The van der Waals surface area contributed by atoms with Crippen LogP contribution in [0.15, 0.2) is 48.5 Å². The largest absolute Gasteiger partial charge is 0.458 e.